The zero-order chi connectivity index (χ0) is 13.8. The highest BCUT2D eigenvalue weighted by atomic mass is 35.5. The van der Waals surface area contributed by atoms with Gasteiger partial charge < -0.3 is 10.6 Å². The van der Waals surface area contributed by atoms with E-state index in [0.29, 0.717) is 11.7 Å². The summed E-state index contributed by atoms with van der Waals surface area (Å²) in [6.07, 6.45) is 1.68. The molecule has 0 aromatic carbocycles. The number of rotatable bonds is 4. The van der Waals surface area contributed by atoms with E-state index in [1.807, 2.05) is 24.4 Å². The SMILES string of the molecule is CC(=O)Nc1ccsc1CNc1c(C)ccnc1Cl. The number of thiophene rings is 1. The third kappa shape index (κ3) is 3.45. The van der Waals surface area contributed by atoms with E-state index < -0.39 is 0 Å². The van der Waals surface area contributed by atoms with Crippen LogP contribution < -0.4 is 10.6 Å². The van der Waals surface area contributed by atoms with Crippen molar-refractivity contribution in [2.24, 2.45) is 0 Å². The Morgan fingerprint density at radius 3 is 2.95 bits per heavy atom. The molecule has 0 radical (unpaired) electrons. The van der Waals surface area contributed by atoms with E-state index in [1.54, 1.807) is 17.5 Å². The van der Waals surface area contributed by atoms with Crippen LogP contribution in [0.3, 0.4) is 0 Å². The van der Waals surface area contributed by atoms with Crippen LogP contribution in [0.5, 0.6) is 0 Å². The average Bonchev–Trinajstić information content (AvgIpc) is 2.75. The number of carbonyl (C=O) groups excluding carboxylic acids is 1. The second kappa shape index (κ2) is 6.04. The summed E-state index contributed by atoms with van der Waals surface area (Å²) in [5.74, 6) is -0.0739. The van der Waals surface area contributed by atoms with Gasteiger partial charge in [0.25, 0.3) is 0 Å². The number of pyridine rings is 1. The standard InChI is InChI=1S/C13H14ClN3OS/c1-8-3-5-15-13(14)12(8)16-7-11-10(4-6-19-11)17-9(2)18/h3-6,16H,7H2,1-2H3,(H,17,18). The van der Waals surface area contributed by atoms with Crippen molar-refractivity contribution in [2.45, 2.75) is 20.4 Å². The summed E-state index contributed by atoms with van der Waals surface area (Å²) in [5.41, 5.74) is 2.70. The first-order valence-corrected chi connectivity index (χ1v) is 7.02. The molecule has 0 spiro atoms. The summed E-state index contributed by atoms with van der Waals surface area (Å²) in [5, 5.41) is 8.46. The number of carbonyl (C=O) groups is 1. The Balaban J connectivity index is 2.11. The average molecular weight is 296 g/mol. The van der Waals surface area contributed by atoms with E-state index >= 15 is 0 Å². The molecule has 6 heteroatoms. The first kappa shape index (κ1) is 13.8. The molecule has 2 N–H and O–H groups in total. The number of nitrogens with zero attached hydrogens (tertiary/aromatic N) is 1. The maximum Gasteiger partial charge on any atom is 0.221 e. The molecule has 2 rings (SSSR count). The van der Waals surface area contributed by atoms with Gasteiger partial charge in [-0.1, -0.05) is 11.6 Å². The molecule has 0 unspecified atom stereocenters. The fraction of sp³-hybridized carbons (Fsp3) is 0.231. The summed E-state index contributed by atoms with van der Waals surface area (Å²) in [6.45, 7) is 4.07. The van der Waals surface area contributed by atoms with E-state index in [4.69, 9.17) is 11.6 Å². The third-order valence-electron chi connectivity index (χ3n) is 2.59. The molecule has 0 aliphatic carbocycles. The summed E-state index contributed by atoms with van der Waals surface area (Å²) in [6, 6.07) is 3.79. The second-order valence-corrected chi connectivity index (χ2v) is 5.44. The summed E-state index contributed by atoms with van der Waals surface area (Å²) >= 11 is 7.64. The number of amides is 1. The molecular formula is C13H14ClN3OS. The number of halogens is 1. The minimum Gasteiger partial charge on any atom is -0.377 e. The van der Waals surface area contributed by atoms with Crippen molar-refractivity contribution in [3.63, 3.8) is 0 Å². The van der Waals surface area contributed by atoms with Crippen molar-refractivity contribution in [3.8, 4) is 0 Å². The maximum absolute atomic E-state index is 11.1. The summed E-state index contributed by atoms with van der Waals surface area (Å²) in [4.78, 5) is 16.2. The van der Waals surface area contributed by atoms with Crippen LogP contribution in [0.2, 0.25) is 5.15 Å². The van der Waals surface area contributed by atoms with Crippen LogP contribution in [-0.2, 0) is 11.3 Å². The van der Waals surface area contributed by atoms with Gasteiger partial charge in [0.15, 0.2) is 5.15 Å². The number of hydrogen-bond donors (Lipinski definition) is 2. The lowest BCUT2D eigenvalue weighted by Gasteiger charge is -2.11. The highest BCUT2D eigenvalue weighted by molar-refractivity contribution is 7.10. The van der Waals surface area contributed by atoms with Gasteiger partial charge in [0, 0.05) is 18.0 Å². The van der Waals surface area contributed by atoms with Gasteiger partial charge in [-0.05, 0) is 30.0 Å². The zero-order valence-electron chi connectivity index (χ0n) is 10.7. The van der Waals surface area contributed by atoms with E-state index in [2.05, 4.69) is 15.6 Å². The second-order valence-electron chi connectivity index (χ2n) is 4.09. The van der Waals surface area contributed by atoms with Crippen LogP contribution in [-0.4, -0.2) is 10.9 Å². The van der Waals surface area contributed by atoms with Crippen molar-refractivity contribution in [1.29, 1.82) is 0 Å². The highest BCUT2D eigenvalue weighted by Crippen LogP contribution is 2.27. The molecule has 0 aliphatic rings. The van der Waals surface area contributed by atoms with Gasteiger partial charge in [-0.3, -0.25) is 4.79 Å². The van der Waals surface area contributed by atoms with Crippen LogP contribution in [0.1, 0.15) is 17.4 Å². The number of anilines is 2. The number of aromatic nitrogens is 1. The van der Waals surface area contributed by atoms with E-state index in [1.165, 1.54) is 6.92 Å². The van der Waals surface area contributed by atoms with Crippen molar-refractivity contribution in [1.82, 2.24) is 4.98 Å². The molecule has 0 aliphatic heterocycles. The zero-order valence-corrected chi connectivity index (χ0v) is 12.2. The molecule has 0 saturated heterocycles. The van der Waals surface area contributed by atoms with Gasteiger partial charge in [-0.2, -0.15) is 0 Å². The quantitative estimate of drug-likeness (QED) is 0.846. The van der Waals surface area contributed by atoms with Crippen molar-refractivity contribution < 1.29 is 4.79 Å². The first-order valence-electron chi connectivity index (χ1n) is 5.77. The highest BCUT2D eigenvalue weighted by Gasteiger charge is 2.08. The lowest BCUT2D eigenvalue weighted by atomic mass is 10.2. The Labute approximate surface area is 120 Å². The van der Waals surface area contributed by atoms with Crippen LogP contribution in [0.15, 0.2) is 23.7 Å². The molecule has 0 atom stereocenters. The van der Waals surface area contributed by atoms with Crippen molar-refractivity contribution in [3.05, 3.63) is 39.3 Å². The lowest BCUT2D eigenvalue weighted by molar-refractivity contribution is -0.114. The monoisotopic (exact) mass is 295 g/mol. The fourth-order valence-electron chi connectivity index (χ4n) is 1.68. The minimum atomic E-state index is -0.0739. The van der Waals surface area contributed by atoms with Gasteiger partial charge in [0.1, 0.15) is 0 Å². The Hall–Kier alpha value is -1.59. The van der Waals surface area contributed by atoms with Crippen LogP contribution >= 0.6 is 22.9 Å². The Morgan fingerprint density at radius 2 is 2.26 bits per heavy atom. The predicted molar refractivity (Wildman–Crippen MR) is 79.9 cm³/mol. The minimum absolute atomic E-state index is 0.0739. The lowest BCUT2D eigenvalue weighted by Crippen LogP contribution is -2.08. The van der Waals surface area contributed by atoms with Crippen molar-refractivity contribution >= 4 is 40.2 Å². The number of aryl methyl sites for hydroxylation is 1. The molecule has 4 nitrogen and oxygen atoms in total. The molecule has 2 aromatic heterocycles. The van der Waals surface area contributed by atoms with E-state index in [9.17, 15) is 4.79 Å². The van der Waals surface area contributed by atoms with Gasteiger partial charge in [-0.25, -0.2) is 4.98 Å². The smallest absolute Gasteiger partial charge is 0.221 e. The summed E-state index contributed by atoms with van der Waals surface area (Å²) < 4.78 is 0. The molecule has 0 bridgehead atoms. The molecule has 0 fully saturated rings. The molecular weight excluding hydrogens is 282 g/mol. The van der Waals surface area contributed by atoms with Crippen LogP contribution in [0.4, 0.5) is 11.4 Å². The number of hydrogen-bond acceptors (Lipinski definition) is 4. The molecule has 0 saturated carbocycles. The van der Waals surface area contributed by atoms with Gasteiger partial charge in [-0.15, -0.1) is 11.3 Å². The summed E-state index contributed by atoms with van der Waals surface area (Å²) in [7, 11) is 0. The van der Waals surface area contributed by atoms with Gasteiger partial charge in [0.05, 0.1) is 17.9 Å². The largest absolute Gasteiger partial charge is 0.377 e. The molecule has 2 aromatic rings. The molecule has 19 heavy (non-hydrogen) atoms. The molecule has 100 valence electrons. The van der Waals surface area contributed by atoms with Crippen molar-refractivity contribution in [2.75, 3.05) is 10.6 Å². The van der Waals surface area contributed by atoms with E-state index in [-0.39, 0.29) is 5.91 Å². The van der Waals surface area contributed by atoms with Gasteiger partial charge >= 0.3 is 0 Å². The predicted octanol–water partition coefficient (Wildman–Crippen LogP) is 3.68. The Bertz CT molecular complexity index is 577. The Morgan fingerprint density at radius 1 is 1.47 bits per heavy atom. The molecule has 1 amide bonds. The normalized spacial score (nSPS) is 10.3. The molecule has 2 heterocycles. The third-order valence-corrected chi connectivity index (χ3v) is 3.80. The Kier molecular flexibility index (Phi) is 4.39. The topological polar surface area (TPSA) is 54.0 Å². The fourth-order valence-corrected chi connectivity index (χ4v) is 2.73. The first-order chi connectivity index (χ1) is 9.08. The maximum atomic E-state index is 11.1. The van der Waals surface area contributed by atoms with Gasteiger partial charge in [0.2, 0.25) is 5.91 Å². The van der Waals surface area contributed by atoms with Crippen LogP contribution in [0, 0.1) is 6.92 Å². The van der Waals surface area contributed by atoms with Crippen LogP contribution in [0.25, 0.3) is 0 Å². The van der Waals surface area contributed by atoms with E-state index in [0.717, 1.165) is 21.8 Å². The number of nitrogens with one attached hydrogen (secondary N) is 2.